The zero-order valence-corrected chi connectivity index (χ0v) is 90.4. The number of alkyl halides is 5. The summed E-state index contributed by atoms with van der Waals surface area (Å²) in [4.78, 5) is 65.2. The molecule has 0 spiro atoms. The van der Waals surface area contributed by atoms with Crippen molar-refractivity contribution in [2.24, 2.45) is 0 Å². The number of fused-ring (bicyclic) bond motifs is 15. The van der Waals surface area contributed by atoms with Crippen LogP contribution in [0.25, 0.3) is 56.3 Å². The van der Waals surface area contributed by atoms with E-state index in [1.807, 2.05) is 47.6 Å². The first-order valence-corrected chi connectivity index (χ1v) is 57.1. The summed E-state index contributed by atoms with van der Waals surface area (Å²) in [6.45, 7) is 17.5. The van der Waals surface area contributed by atoms with E-state index in [-0.39, 0.29) is 29.5 Å². The molecule has 0 bridgehead atoms. The number of unbranched alkanes of at least 4 members (excludes halogenated alkanes) is 10. The minimum Gasteiger partial charge on any atom is -0.283 e. The number of aromatic nitrogens is 10. The molecular weight excluding hydrogens is 2040 g/mol. The minimum absolute atomic E-state index is 0.0572. The third-order valence-corrected chi connectivity index (χ3v) is 31.4. The highest BCUT2D eigenvalue weighted by Crippen LogP contribution is 2.45. The molecule has 0 saturated carbocycles. The lowest BCUT2D eigenvalue weighted by atomic mass is 9.87. The van der Waals surface area contributed by atoms with Gasteiger partial charge in [-0.25, -0.2) is 25.0 Å². The highest BCUT2D eigenvalue weighted by Gasteiger charge is 2.38. The Labute approximate surface area is 884 Å². The van der Waals surface area contributed by atoms with E-state index in [0.717, 1.165) is 373 Å². The smallest absolute Gasteiger partial charge is 0.283 e. The van der Waals surface area contributed by atoms with E-state index in [1.165, 1.54) is 93.3 Å². The maximum atomic E-state index is 13.1. The van der Waals surface area contributed by atoms with Gasteiger partial charge in [0.2, 0.25) is 0 Å². The lowest BCUT2D eigenvalue weighted by Crippen LogP contribution is -2.45. The summed E-state index contributed by atoms with van der Waals surface area (Å²) >= 11 is 42.5. The van der Waals surface area contributed by atoms with Gasteiger partial charge in [-0.3, -0.25) is 74.5 Å². The average Bonchev–Trinajstić information content (AvgIpc) is 1.59. The van der Waals surface area contributed by atoms with Crippen LogP contribution >= 0.6 is 101 Å². The second kappa shape index (κ2) is 53.1. The van der Waals surface area contributed by atoms with Gasteiger partial charge >= 0.3 is 0 Å². The average molecular weight is 2180 g/mol. The Morgan fingerprint density at radius 2 is 0.507 bits per heavy atom. The zero-order chi connectivity index (χ0) is 99.0. The van der Waals surface area contributed by atoms with Crippen LogP contribution in [0.3, 0.4) is 0 Å². The molecule has 25 nitrogen and oxygen atoms in total. The van der Waals surface area contributed by atoms with E-state index in [1.54, 1.807) is 0 Å². The summed E-state index contributed by atoms with van der Waals surface area (Å²) in [6, 6.07) is 31.9. The first kappa shape index (κ1) is 107. The predicted molar refractivity (Wildman–Crippen MR) is 579 cm³/mol. The molecule has 142 heavy (non-hydrogen) atoms. The van der Waals surface area contributed by atoms with Crippen LogP contribution in [0.4, 0.5) is 0 Å². The summed E-state index contributed by atoms with van der Waals surface area (Å²) in [5.74, 6) is 3.09. The molecule has 5 N–H and O–H groups in total. The molecular formula is C109H140Br2Cl6N20O5. The molecule has 5 aromatic carbocycles. The summed E-state index contributed by atoms with van der Waals surface area (Å²) in [5.41, 5.74) is 44.2. The number of rotatable bonds is 35. The number of hydrazine groups is 5. The number of hydrogen-bond donors (Lipinski definition) is 5. The normalized spacial score (nSPS) is 16.2. The van der Waals surface area contributed by atoms with Gasteiger partial charge in [-0.15, -0.1) is 58.0 Å². The Bertz CT molecular complexity index is 5500. The van der Waals surface area contributed by atoms with Crippen molar-refractivity contribution >= 4 is 131 Å². The van der Waals surface area contributed by atoms with Gasteiger partial charge in [-0.05, 0) is 232 Å². The van der Waals surface area contributed by atoms with Crippen LogP contribution in [0.1, 0.15) is 312 Å². The van der Waals surface area contributed by atoms with E-state index < -0.39 is 0 Å². The largest absolute Gasteiger partial charge is 0.286 e. The lowest BCUT2D eigenvalue weighted by molar-refractivity contribution is 0.0735. The van der Waals surface area contributed by atoms with Crippen LogP contribution < -0.4 is 27.1 Å². The predicted octanol–water partition coefficient (Wildman–Crippen LogP) is 23.2. The zero-order valence-electron chi connectivity index (χ0n) is 82.7. The maximum absolute atomic E-state index is 13.1. The standard InChI is InChI=1S/C23H31ClN4O.C22H28BrClN4O.C22H29ClN4O.C21H26BrClN4O.C21H26Cl2N4O/c1-17-8-10-19-18(16-17)9-11-20-21(23(29)26-27-13-5-3-6-14-27)25-28(22(19)20)15-7-2-4-12-24;23-17-8-10-18-16(15-17)7-9-19-20(22(29)26-27-12-4-2-5-13-27)25-28(21(18)19)14-6-1-3-11-24;1-16-8-9-18-17(14-16)15-19-20(22(28)25-26-11-5-3-6-12-26)24-27(21(18)19)13-7-2-4-10-23;22-16-7-8-17-15(13-16)14-18-19(21(28)25-26-10-4-2-5-11-26)24-27(20(17)18)12-6-1-3-9-23;22-9-3-1-6-12-27-20-17-8-7-16(23)13-15(17)14-18(20)19(24-27)21(28)25-26-10-4-2-5-11-26/h8,10,16H,2-7,9,11-15H2,1H3,(H,26,29);8,10,15H,1-7,9,11-14H2,(H,26,29);8-9,14H,2-7,10-13,15H2,1H3,(H,25,28);2*7-8,13H,1-6,9-12,14H2,(H,25,28). The fourth-order valence-corrected chi connectivity index (χ4v) is 23.6. The van der Waals surface area contributed by atoms with Crippen LogP contribution in [-0.4, -0.2) is 198 Å². The molecule has 5 saturated heterocycles. The molecule has 0 radical (unpaired) electrons. The van der Waals surface area contributed by atoms with Crippen molar-refractivity contribution in [3.8, 4) is 56.3 Å². The van der Waals surface area contributed by atoms with Crippen molar-refractivity contribution in [2.75, 3.05) is 94.8 Å². The quantitative estimate of drug-likeness (QED) is 0.0183. The monoisotopic (exact) mass is 2180 g/mol. The molecule has 5 fully saturated rings. The number of hydrogen-bond acceptors (Lipinski definition) is 15. The Balaban J connectivity index is 0.000000128. The van der Waals surface area contributed by atoms with Gasteiger partial charge in [-0.2, -0.15) is 25.5 Å². The number of benzene rings is 5. The van der Waals surface area contributed by atoms with Crippen LogP contribution in [0.5, 0.6) is 0 Å². The second-order valence-corrected chi connectivity index (χ2v) is 43.6. The van der Waals surface area contributed by atoms with Crippen LogP contribution in [0, 0.1) is 13.8 Å². The van der Waals surface area contributed by atoms with E-state index >= 15 is 0 Å². The van der Waals surface area contributed by atoms with E-state index in [9.17, 15) is 24.0 Å². The van der Waals surface area contributed by atoms with Crippen molar-refractivity contribution in [1.82, 2.24) is 101 Å². The number of carbonyl (C=O) groups is 5. The van der Waals surface area contributed by atoms with Gasteiger partial charge in [0.1, 0.15) is 0 Å². The molecule has 5 aliphatic carbocycles. The number of nitrogens with zero attached hydrogens (tertiary/aromatic N) is 15. The Morgan fingerprint density at radius 1 is 0.275 bits per heavy atom. The summed E-state index contributed by atoms with van der Waals surface area (Å²) in [6.07, 6.45) is 38.9. The maximum Gasteiger partial charge on any atom is 0.286 e. The molecule has 10 aromatic rings. The Kier molecular flexibility index (Phi) is 39.9. The molecule has 5 aromatic heterocycles. The van der Waals surface area contributed by atoms with E-state index in [2.05, 4.69) is 165 Å². The second-order valence-electron chi connectivity index (χ2n) is 39.4. The SMILES string of the molecule is Cc1ccc2c(c1)CCc1c(C(=O)NN3CCCCC3)nn(CCCCCCl)c1-2.Cc1ccc2c(c1)Cc1c(C(=O)NN3CCCCC3)nn(CCCCCCl)c1-2.O=C(NN1CCCCC1)c1nn(CCCCCCl)c2c1CCc1cc(Br)ccc1-2.O=C(NN1CCCCC1)c1nn(CCCCCCl)c2c1Cc1cc(Br)ccc1-2.O=C(NN1CCCCC1)c1nn(CCCCCCl)c2c1Cc1cc(Cl)ccc1-2. The van der Waals surface area contributed by atoms with Crippen molar-refractivity contribution in [2.45, 2.75) is 284 Å². The minimum atomic E-state index is -0.100. The fraction of sp³-hybridized carbons (Fsp3) is 0.541. The number of piperidine rings is 5. The van der Waals surface area contributed by atoms with Crippen LogP contribution in [0.15, 0.2) is 99.9 Å². The van der Waals surface area contributed by atoms with E-state index in [4.69, 9.17) is 95.1 Å². The molecule has 0 atom stereocenters. The molecule has 5 aliphatic heterocycles. The van der Waals surface area contributed by atoms with Crippen molar-refractivity contribution < 1.29 is 24.0 Å². The van der Waals surface area contributed by atoms with Gasteiger partial charge < -0.3 is 0 Å². The van der Waals surface area contributed by atoms with Crippen LogP contribution in [-0.2, 0) is 77.7 Å². The number of aryl methyl sites for hydroxylation is 9. The van der Waals surface area contributed by atoms with Gasteiger partial charge in [0.15, 0.2) is 28.5 Å². The topological polar surface area (TPSA) is 251 Å². The van der Waals surface area contributed by atoms with Gasteiger partial charge in [0.05, 0.1) is 28.5 Å². The van der Waals surface area contributed by atoms with E-state index in [0.29, 0.717) is 64.3 Å². The molecule has 10 heterocycles. The fourth-order valence-electron chi connectivity index (χ4n) is 21.6. The van der Waals surface area contributed by atoms with Crippen molar-refractivity contribution in [3.63, 3.8) is 0 Å². The van der Waals surface area contributed by atoms with Crippen LogP contribution in [0.2, 0.25) is 5.02 Å². The molecule has 5 amide bonds. The first-order chi connectivity index (χ1) is 69.3. The molecule has 10 aliphatic rings. The highest BCUT2D eigenvalue weighted by molar-refractivity contribution is 9.10. The number of nitrogens with one attached hydrogen (secondary N) is 5. The molecule has 762 valence electrons. The summed E-state index contributed by atoms with van der Waals surface area (Å²) in [5, 5.41) is 34.8. The number of carbonyl (C=O) groups excluding carboxylic acids is 5. The Hall–Kier alpha value is -8.00. The van der Waals surface area contributed by atoms with Crippen molar-refractivity contribution in [1.29, 1.82) is 0 Å². The van der Waals surface area contributed by atoms with Gasteiger partial charge in [0, 0.05) is 216 Å². The molecule has 20 rings (SSSR count). The number of amides is 5. The Morgan fingerprint density at radius 3 is 0.803 bits per heavy atom. The summed E-state index contributed by atoms with van der Waals surface area (Å²) in [7, 11) is 0. The van der Waals surface area contributed by atoms with Crippen molar-refractivity contribution in [3.05, 3.63) is 200 Å². The third-order valence-electron chi connectivity index (χ3n) is 28.8. The van der Waals surface area contributed by atoms with Gasteiger partial charge in [-0.1, -0.05) is 173 Å². The first-order valence-electron chi connectivity index (χ1n) is 52.5. The lowest BCUT2D eigenvalue weighted by Gasteiger charge is -2.26. The third kappa shape index (κ3) is 27.1. The highest BCUT2D eigenvalue weighted by atomic mass is 79.9. The molecule has 0 unspecified atom stereocenters. The number of halogens is 8. The molecule has 33 heteroatoms. The van der Waals surface area contributed by atoms with Gasteiger partial charge in [0.25, 0.3) is 29.5 Å². The summed E-state index contributed by atoms with van der Waals surface area (Å²) < 4.78 is 12.4.